The van der Waals surface area contributed by atoms with Crippen LogP contribution in [0.25, 0.3) is 0 Å². The number of hydrogen-bond acceptors (Lipinski definition) is 3. The maximum atomic E-state index is 11.2. The number of ether oxygens (including phenoxy) is 1. The summed E-state index contributed by atoms with van der Waals surface area (Å²) in [7, 11) is 1.30. The Labute approximate surface area is 111 Å². The van der Waals surface area contributed by atoms with E-state index < -0.39 is 12.1 Å². The molecule has 0 bridgehead atoms. The third-order valence-electron chi connectivity index (χ3n) is 3.33. The van der Waals surface area contributed by atoms with E-state index >= 15 is 0 Å². The van der Waals surface area contributed by atoms with E-state index in [1.54, 1.807) is 6.07 Å². The van der Waals surface area contributed by atoms with Crippen LogP contribution in [0, 0.1) is 5.92 Å². The molecule has 1 atom stereocenters. The van der Waals surface area contributed by atoms with E-state index in [-0.39, 0.29) is 12.3 Å². The highest BCUT2D eigenvalue weighted by Crippen LogP contribution is 2.44. The number of methoxy groups -OCH3 is 1. The molecule has 0 heterocycles. The number of nitrogens with one attached hydrogen (secondary N) is 1. The van der Waals surface area contributed by atoms with Crippen LogP contribution in [0.5, 0.6) is 0 Å². The van der Waals surface area contributed by atoms with Crippen LogP contribution in [0.4, 0.5) is 10.5 Å². The van der Waals surface area contributed by atoms with Crippen molar-refractivity contribution in [2.24, 2.45) is 5.92 Å². The number of carbonyl (C=O) groups excluding carboxylic acids is 1. The van der Waals surface area contributed by atoms with Crippen LogP contribution in [0.2, 0.25) is 0 Å². The van der Waals surface area contributed by atoms with Gasteiger partial charge in [0.15, 0.2) is 0 Å². The molecule has 0 saturated heterocycles. The van der Waals surface area contributed by atoms with E-state index in [0.717, 1.165) is 18.4 Å². The molecule has 1 aromatic rings. The molecule has 1 aromatic carbocycles. The Kier molecular flexibility index (Phi) is 4.04. The predicted octanol–water partition coefficient (Wildman–Crippen LogP) is 2.83. The molecule has 1 saturated carbocycles. The van der Waals surface area contributed by atoms with E-state index in [9.17, 15) is 9.59 Å². The van der Waals surface area contributed by atoms with Gasteiger partial charge in [0.25, 0.3) is 0 Å². The van der Waals surface area contributed by atoms with Crippen molar-refractivity contribution in [3.63, 3.8) is 0 Å². The fraction of sp³-hybridized carbons (Fsp3) is 0.429. The zero-order valence-corrected chi connectivity index (χ0v) is 10.8. The molecule has 2 N–H and O–H groups in total. The van der Waals surface area contributed by atoms with Crippen molar-refractivity contribution >= 4 is 17.7 Å². The van der Waals surface area contributed by atoms with Crippen molar-refractivity contribution < 1.29 is 19.4 Å². The molecule has 5 heteroatoms. The van der Waals surface area contributed by atoms with Crippen molar-refractivity contribution in [2.45, 2.75) is 25.2 Å². The summed E-state index contributed by atoms with van der Waals surface area (Å²) in [5, 5.41) is 11.6. The summed E-state index contributed by atoms with van der Waals surface area (Å²) in [6.45, 7) is 0. The van der Waals surface area contributed by atoms with Gasteiger partial charge in [-0.15, -0.1) is 0 Å². The summed E-state index contributed by atoms with van der Waals surface area (Å²) in [4.78, 5) is 22.1. The van der Waals surface area contributed by atoms with Crippen LogP contribution in [0.3, 0.4) is 0 Å². The Morgan fingerprint density at radius 1 is 1.47 bits per heavy atom. The third-order valence-corrected chi connectivity index (χ3v) is 3.33. The average Bonchev–Trinajstić information content (AvgIpc) is 3.20. The molecule has 1 aliphatic carbocycles. The molecular formula is C14H17NO4. The summed E-state index contributed by atoms with van der Waals surface area (Å²) >= 11 is 0. The van der Waals surface area contributed by atoms with Gasteiger partial charge in [0.2, 0.25) is 0 Å². The van der Waals surface area contributed by atoms with Gasteiger partial charge in [-0.1, -0.05) is 12.1 Å². The highest BCUT2D eigenvalue weighted by atomic mass is 16.5. The van der Waals surface area contributed by atoms with Gasteiger partial charge >= 0.3 is 12.1 Å². The second-order valence-corrected chi connectivity index (χ2v) is 4.78. The smallest absolute Gasteiger partial charge is 0.411 e. The molecular weight excluding hydrogens is 246 g/mol. The zero-order valence-electron chi connectivity index (χ0n) is 10.8. The van der Waals surface area contributed by atoms with E-state index in [2.05, 4.69) is 10.1 Å². The highest BCUT2D eigenvalue weighted by molar-refractivity contribution is 5.84. The number of benzene rings is 1. The molecule has 0 aliphatic heterocycles. The Bertz CT molecular complexity index is 482. The molecule has 102 valence electrons. The second-order valence-electron chi connectivity index (χ2n) is 4.78. The number of hydrogen-bond donors (Lipinski definition) is 2. The SMILES string of the molecule is COC(=O)Nc1cccc(C(CC(=O)O)C2CC2)c1. The molecule has 0 aromatic heterocycles. The first-order chi connectivity index (χ1) is 9.10. The van der Waals surface area contributed by atoms with Crippen molar-refractivity contribution in [3.05, 3.63) is 29.8 Å². The van der Waals surface area contributed by atoms with Crippen LogP contribution in [-0.2, 0) is 9.53 Å². The van der Waals surface area contributed by atoms with E-state index in [4.69, 9.17) is 5.11 Å². The normalized spacial score (nSPS) is 15.6. The maximum absolute atomic E-state index is 11.2. The topological polar surface area (TPSA) is 75.6 Å². The molecule has 5 nitrogen and oxygen atoms in total. The van der Waals surface area contributed by atoms with Crippen LogP contribution in [0.1, 0.15) is 30.7 Å². The summed E-state index contributed by atoms with van der Waals surface area (Å²) in [6.07, 6.45) is 1.75. The number of carboxylic acid groups (broad SMARTS) is 1. The molecule has 1 fully saturated rings. The predicted molar refractivity (Wildman–Crippen MR) is 70.2 cm³/mol. The first-order valence-corrected chi connectivity index (χ1v) is 6.27. The van der Waals surface area contributed by atoms with Gasteiger partial charge in [-0.2, -0.15) is 0 Å². The molecule has 1 amide bonds. The largest absolute Gasteiger partial charge is 0.481 e. The lowest BCUT2D eigenvalue weighted by Crippen LogP contribution is -2.12. The van der Waals surface area contributed by atoms with Crippen LogP contribution >= 0.6 is 0 Å². The van der Waals surface area contributed by atoms with E-state index in [1.165, 1.54) is 7.11 Å². The van der Waals surface area contributed by atoms with Crippen LogP contribution < -0.4 is 5.32 Å². The number of amides is 1. The molecule has 0 spiro atoms. The summed E-state index contributed by atoms with van der Waals surface area (Å²) in [5.74, 6) is -0.315. The highest BCUT2D eigenvalue weighted by Gasteiger charge is 2.33. The van der Waals surface area contributed by atoms with Gasteiger partial charge in [-0.05, 0) is 42.4 Å². The minimum atomic E-state index is -0.789. The summed E-state index contributed by atoms with van der Waals surface area (Å²) in [6, 6.07) is 7.31. The van der Waals surface area contributed by atoms with Crippen molar-refractivity contribution in [2.75, 3.05) is 12.4 Å². The lowest BCUT2D eigenvalue weighted by molar-refractivity contribution is -0.137. The second kappa shape index (κ2) is 5.73. The van der Waals surface area contributed by atoms with Gasteiger partial charge in [0.1, 0.15) is 0 Å². The van der Waals surface area contributed by atoms with Crippen molar-refractivity contribution in [3.8, 4) is 0 Å². The van der Waals surface area contributed by atoms with Crippen LogP contribution in [0.15, 0.2) is 24.3 Å². The minimum absolute atomic E-state index is 0.0249. The number of aliphatic carboxylic acids is 1. The van der Waals surface area contributed by atoms with Gasteiger partial charge in [0, 0.05) is 5.69 Å². The Morgan fingerprint density at radius 3 is 2.79 bits per heavy atom. The lowest BCUT2D eigenvalue weighted by Gasteiger charge is -2.15. The first-order valence-electron chi connectivity index (χ1n) is 6.27. The number of carbonyl (C=O) groups is 2. The number of anilines is 1. The quantitative estimate of drug-likeness (QED) is 0.856. The third kappa shape index (κ3) is 3.71. The number of rotatable bonds is 5. The fourth-order valence-electron chi connectivity index (χ4n) is 2.26. The van der Waals surface area contributed by atoms with E-state index in [0.29, 0.717) is 11.6 Å². The van der Waals surface area contributed by atoms with Crippen molar-refractivity contribution in [1.82, 2.24) is 0 Å². The summed E-state index contributed by atoms with van der Waals surface area (Å²) < 4.78 is 4.53. The first kappa shape index (κ1) is 13.4. The maximum Gasteiger partial charge on any atom is 0.411 e. The molecule has 1 aliphatic rings. The van der Waals surface area contributed by atoms with Gasteiger partial charge < -0.3 is 9.84 Å². The average molecular weight is 263 g/mol. The summed E-state index contributed by atoms with van der Waals surface area (Å²) in [5.41, 5.74) is 1.58. The van der Waals surface area contributed by atoms with E-state index in [1.807, 2.05) is 18.2 Å². The Hall–Kier alpha value is -2.04. The monoisotopic (exact) mass is 263 g/mol. The molecule has 19 heavy (non-hydrogen) atoms. The Balaban J connectivity index is 2.15. The Morgan fingerprint density at radius 2 is 2.21 bits per heavy atom. The minimum Gasteiger partial charge on any atom is -0.481 e. The van der Waals surface area contributed by atoms with Gasteiger partial charge in [-0.3, -0.25) is 10.1 Å². The molecule has 1 unspecified atom stereocenters. The van der Waals surface area contributed by atoms with Crippen LogP contribution in [-0.4, -0.2) is 24.3 Å². The fourth-order valence-corrected chi connectivity index (χ4v) is 2.26. The standard InChI is InChI=1S/C14H17NO4/c1-19-14(18)15-11-4-2-3-10(7-11)12(8-13(16)17)9-5-6-9/h2-4,7,9,12H,5-6,8H2,1H3,(H,15,18)(H,16,17). The van der Waals surface area contributed by atoms with Gasteiger partial charge in [-0.25, -0.2) is 4.79 Å². The molecule has 2 rings (SSSR count). The lowest BCUT2D eigenvalue weighted by atomic mass is 9.91. The molecule has 0 radical (unpaired) electrons. The van der Waals surface area contributed by atoms with Crippen molar-refractivity contribution in [1.29, 1.82) is 0 Å². The van der Waals surface area contributed by atoms with Gasteiger partial charge in [0.05, 0.1) is 13.5 Å². The number of carboxylic acids is 1. The zero-order chi connectivity index (χ0) is 13.8.